The summed E-state index contributed by atoms with van der Waals surface area (Å²) in [4.78, 5) is 13.0. The Morgan fingerprint density at radius 2 is 1.67 bits per heavy atom. The zero-order chi connectivity index (χ0) is 14.4. The number of hydrogen-bond acceptors (Lipinski definition) is 2. The SMILES string of the molecule is Cc1ccc(C(=O)C2CC3CCC(C2)N3)c2ccccc12. The summed E-state index contributed by atoms with van der Waals surface area (Å²) in [5, 5.41) is 5.95. The van der Waals surface area contributed by atoms with Crippen molar-refractivity contribution < 1.29 is 4.79 Å². The zero-order valence-electron chi connectivity index (χ0n) is 12.4. The first-order chi connectivity index (χ1) is 10.2. The molecule has 2 aromatic carbocycles. The Morgan fingerprint density at radius 3 is 2.38 bits per heavy atom. The van der Waals surface area contributed by atoms with Gasteiger partial charge >= 0.3 is 0 Å². The summed E-state index contributed by atoms with van der Waals surface area (Å²) < 4.78 is 0. The number of benzene rings is 2. The average molecular weight is 279 g/mol. The Balaban J connectivity index is 1.73. The van der Waals surface area contributed by atoms with Crippen molar-refractivity contribution in [1.82, 2.24) is 5.32 Å². The van der Waals surface area contributed by atoms with Crippen LogP contribution in [0.25, 0.3) is 10.8 Å². The third kappa shape index (κ3) is 2.18. The summed E-state index contributed by atoms with van der Waals surface area (Å²) in [6.45, 7) is 2.11. The predicted molar refractivity (Wildman–Crippen MR) is 85.7 cm³/mol. The van der Waals surface area contributed by atoms with Gasteiger partial charge in [-0.2, -0.15) is 0 Å². The fourth-order valence-electron chi connectivity index (χ4n) is 4.16. The van der Waals surface area contributed by atoms with Crippen LogP contribution in [0, 0.1) is 12.8 Å². The molecule has 2 nitrogen and oxygen atoms in total. The summed E-state index contributed by atoms with van der Waals surface area (Å²) >= 11 is 0. The van der Waals surface area contributed by atoms with Crippen LogP contribution in [0.15, 0.2) is 36.4 Å². The van der Waals surface area contributed by atoms with Crippen molar-refractivity contribution in [3.63, 3.8) is 0 Å². The molecule has 108 valence electrons. The molecular formula is C19H21NO. The number of ketones is 1. The minimum atomic E-state index is 0.204. The molecule has 4 rings (SSSR count). The summed E-state index contributed by atoms with van der Waals surface area (Å²) in [7, 11) is 0. The lowest BCUT2D eigenvalue weighted by Crippen LogP contribution is -2.40. The molecule has 2 heterocycles. The van der Waals surface area contributed by atoms with E-state index in [0.29, 0.717) is 17.9 Å². The van der Waals surface area contributed by atoms with Crippen molar-refractivity contribution in [2.45, 2.75) is 44.7 Å². The van der Waals surface area contributed by atoms with Gasteiger partial charge < -0.3 is 5.32 Å². The highest BCUT2D eigenvalue weighted by molar-refractivity contribution is 6.09. The summed E-state index contributed by atoms with van der Waals surface area (Å²) in [5.41, 5.74) is 2.16. The summed E-state index contributed by atoms with van der Waals surface area (Å²) in [6, 6.07) is 13.5. The molecule has 0 aromatic heterocycles. The van der Waals surface area contributed by atoms with Crippen LogP contribution in [0.5, 0.6) is 0 Å². The minimum Gasteiger partial charge on any atom is -0.311 e. The van der Waals surface area contributed by atoms with Crippen LogP contribution in [0.1, 0.15) is 41.6 Å². The Morgan fingerprint density at radius 1 is 1.00 bits per heavy atom. The van der Waals surface area contributed by atoms with E-state index >= 15 is 0 Å². The van der Waals surface area contributed by atoms with Crippen LogP contribution in [-0.4, -0.2) is 17.9 Å². The zero-order valence-corrected chi connectivity index (χ0v) is 12.4. The highest BCUT2D eigenvalue weighted by Gasteiger charge is 2.37. The molecule has 0 saturated carbocycles. The number of rotatable bonds is 2. The highest BCUT2D eigenvalue weighted by Crippen LogP contribution is 2.34. The van der Waals surface area contributed by atoms with E-state index in [1.54, 1.807) is 0 Å². The summed E-state index contributed by atoms with van der Waals surface area (Å²) in [5.74, 6) is 0.555. The van der Waals surface area contributed by atoms with Gasteiger partial charge in [0.1, 0.15) is 0 Å². The van der Waals surface area contributed by atoms with E-state index in [2.05, 4.69) is 30.4 Å². The van der Waals surface area contributed by atoms with E-state index in [-0.39, 0.29) is 5.92 Å². The largest absolute Gasteiger partial charge is 0.311 e. The van der Waals surface area contributed by atoms with Gasteiger partial charge in [-0.05, 0) is 48.9 Å². The van der Waals surface area contributed by atoms with Gasteiger partial charge in [-0.3, -0.25) is 4.79 Å². The molecule has 2 aliphatic rings. The van der Waals surface area contributed by atoms with Crippen LogP contribution in [0.2, 0.25) is 0 Å². The molecular weight excluding hydrogens is 258 g/mol. The number of piperidine rings is 1. The second-order valence-electron chi connectivity index (χ2n) is 6.65. The van der Waals surface area contributed by atoms with E-state index < -0.39 is 0 Å². The Bertz CT molecular complexity index is 694. The molecule has 0 aliphatic carbocycles. The van der Waals surface area contributed by atoms with E-state index in [1.165, 1.54) is 23.8 Å². The standard InChI is InChI=1S/C19H21NO/c1-12-6-9-18(17-5-3-2-4-16(12)17)19(21)13-10-14-7-8-15(11-13)20-14/h2-6,9,13-15,20H,7-8,10-11H2,1H3. The van der Waals surface area contributed by atoms with Crippen molar-refractivity contribution in [2.75, 3.05) is 0 Å². The van der Waals surface area contributed by atoms with Crippen molar-refractivity contribution in [1.29, 1.82) is 0 Å². The molecule has 2 bridgehead atoms. The van der Waals surface area contributed by atoms with E-state index in [9.17, 15) is 4.79 Å². The van der Waals surface area contributed by atoms with Crippen molar-refractivity contribution in [2.24, 2.45) is 5.92 Å². The number of aryl methyl sites for hydroxylation is 1. The van der Waals surface area contributed by atoms with Gasteiger partial charge in [0.25, 0.3) is 0 Å². The first kappa shape index (κ1) is 13.0. The number of nitrogens with one attached hydrogen (secondary N) is 1. The van der Waals surface area contributed by atoms with Gasteiger partial charge in [0, 0.05) is 23.6 Å². The van der Waals surface area contributed by atoms with Crippen LogP contribution in [0.3, 0.4) is 0 Å². The van der Waals surface area contributed by atoms with Gasteiger partial charge in [0.05, 0.1) is 0 Å². The fourth-order valence-corrected chi connectivity index (χ4v) is 4.16. The smallest absolute Gasteiger partial charge is 0.166 e. The topological polar surface area (TPSA) is 29.1 Å². The normalized spacial score (nSPS) is 28.0. The molecule has 2 atom stereocenters. The van der Waals surface area contributed by atoms with Crippen molar-refractivity contribution in [3.8, 4) is 0 Å². The van der Waals surface area contributed by atoms with Crippen LogP contribution >= 0.6 is 0 Å². The molecule has 21 heavy (non-hydrogen) atoms. The molecule has 0 spiro atoms. The quantitative estimate of drug-likeness (QED) is 0.846. The number of Topliss-reactive ketones (excluding diaryl/α,β-unsaturated/α-hetero) is 1. The fraction of sp³-hybridized carbons (Fsp3) is 0.421. The van der Waals surface area contributed by atoms with Crippen molar-refractivity contribution >= 4 is 16.6 Å². The lowest BCUT2D eigenvalue weighted by molar-refractivity contribution is 0.0877. The third-order valence-corrected chi connectivity index (χ3v) is 5.25. The summed E-state index contributed by atoms with van der Waals surface area (Å²) in [6.07, 6.45) is 4.50. The Kier molecular flexibility index (Phi) is 3.07. The molecule has 2 unspecified atom stereocenters. The Hall–Kier alpha value is -1.67. The molecule has 2 fully saturated rings. The molecule has 0 amide bonds. The monoisotopic (exact) mass is 279 g/mol. The molecule has 2 saturated heterocycles. The lowest BCUT2D eigenvalue weighted by atomic mass is 9.84. The molecule has 1 N–H and O–H groups in total. The number of fused-ring (bicyclic) bond motifs is 3. The van der Waals surface area contributed by atoms with Crippen LogP contribution in [0.4, 0.5) is 0 Å². The first-order valence-corrected chi connectivity index (χ1v) is 8.01. The highest BCUT2D eigenvalue weighted by atomic mass is 16.1. The van der Waals surface area contributed by atoms with E-state index in [4.69, 9.17) is 0 Å². The number of carbonyl (C=O) groups is 1. The third-order valence-electron chi connectivity index (χ3n) is 5.25. The van der Waals surface area contributed by atoms with Crippen molar-refractivity contribution in [3.05, 3.63) is 47.5 Å². The minimum absolute atomic E-state index is 0.204. The Labute approximate surface area is 125 Å². The number of carbonyl (C=O) groups excluding carboxylic acids is 1. The van der Waals surface area contributed by atoms with Crippen LogP contribution in [-0.2, 0) is 0 Å². The predicted octanol–water partition coefficient (Wildman–Crippen LogP) is 3.86. The maximum Gasteiger partial charge on any atom is 0.166 e. The maximum atomic E-state index is 13.0. The van der Waals surface area contributed by atoms with E-state index in [0.717, 1.165) is 23.8 Å². The number of hydrogen-bond donors (Lipinski definition) is 1. The van der Waals surface area contributed by atoms with Gasteiger partial charge in [0.2, 0.25) is 0 Å². The first-order valence-electron chi connectivity index (χ1n) is 8.01. The molecule has 2 aliphatic heterocycles. The molecule has 2 heteroatoms. The van der Waals surface area contributed by atoms with Crippen LogP contribution < -0.4 is 5.32 Å². The van der Waals surface area contributed by atoms with Gasteiger partial charge in [-0.15, -0.1) is 0 Å². The molecule has 2 aromatic rings. The maximum absolute atomic E-state index is 13.0. The van der Waals surface area contributed by atoms with Gasteiger partial charge in [-0.25, -0.2) is 0 Å². The molecule has 0 radical (unpaired) electrons. The van der Waals surface area contributed by atoms with Gasteiger partial charge in [0.15, 0.2) is 5.78 Å². The lowest BCUT2D eigenvalue weighted by Gasteiger charge is -2.28. The second-order valence-corrected chi connectivity index (χ2v) is 6.65. The average Bonchev–Trinajstić information content (AvgIpc) is 2.85. The van der Waals surface area contributed by atoms with E-state index in [1.807, 2.05) is 18.2 Å². The van der Waals surface area contributed by atoms with Gasteiger partial charge in [-0.1, -0.05) is 36.4 Å². The second kappa shape index (κ2) is 4.96.